The molecule has 3 rings (SSSR count). The molecule has 27 heavy (non-hydrogen) atoms. The van der Waals surface area contributed by atoms with E-state index in [4.69, 9.17) is 9.15 Å². The molecule has 0 bridgehead atoms. The van der Waals surface area contributed by atoms with Crippen molar-refractivity contribution >= 4 is 22.8 Å². The second-order valence-corrected chi connectivity index (χ2v) is 6.16. The maximum absolute atomic E-state index is 12.1. The van der Waals surface area contributed by atoms with Gasteiger partial charge in [-0.3, -0.25) is 9.59 Å². The molecule has 138 valence electrons. The van der Waals surface area contributed by atoms with Gasteiger partial charge < -0.3 is 14.5 Å². The molecule has 1 N–H and O–H groups in total. The quantitative estimate of drug-likeness (QED) is 0.679. The third-order valence-electron chi connectivity index (χ3n) is 4.14. The van der Waals surface area contributed by atoms with Crippen LogP contribution in [0.25, 0.3) is 11.0 Å². The number of carbonyl (C=O) groups is 2. The number of para-hydroxylation sites is 1. The Bertz CT molecular complexity index is 1010. The number of esters is 1. The van der Waals surface area contributed by atoms with Crippen LogP contribution < -0.4 is 10.7 Å². The Morgan fingerprint density at radius 1 is 1.07 bits per heavy atom. The highest BCUT2D eigenvalue weighted by atomic mass is 16.5. The van der Waals surface area contributed by atoms with Gasteiger partial charge in [0, 0.05) is 12.6 Å². The minimum atomic E-state index is -0.857. The summed E-state index contributed by atoms with van der Waals surface area (Å²) in [6.45, 7) is 1.97. The van der Waals surface area contributed by atoms with Gasteiger partial charge in [0.2, 0.25) is 5.76 Å². The van der Waals surface area contributed by atoms with E-state index in [9.17, 15) is 14.4 Å². The number of fused-ring (bicyclic) bond motifs is 1. The average molecular weight is 365 g/mol. The highest BCUT2D eigenvalue weighted by Crippen LogP contribution is 2.13. The maximum Gasteiger partial charge on any atom is 0.374 e. The van der Waals surface area contributed by atoms with Crippen molar-refractivity contribution in [3.8, 4) is 0 Å². The largest absolute Gasteiger partial charge is 0.450 e. The SMILES string of the molecule is C[C@@H](CNC(=O)COC(=O)c1cc(=O)c2ccccc2o1)c1ccccc1. The Hall–Kier alpha value is -3.41. The van der Waals surface area contributed by atoms with Crippen LogP contribution in [0, 0.1) is 0 Å². The summed E-state index contributed by atoms with van der Waals surface area (Å²) in [5, 5.41) is 3.10. The number of hydrogen-bond donors (Lipinski definition) is 1. The molecule has 0 fully saturated rings. The molecule has 0 aliphatic carbocycles. The first-order valence-electron chi connectivity index (χ1n) is 8.56. The minimum absolute atomic E-state index is 0.129. The lowest BCUT2D eigenvalue weighted by Crippen LogP contribution is -2.31. The highest BCUT2D eigenvalue weighted by molar-refractivity contribution is 5.90. The monoisotopic (exact) mass is 365 g/mol. The van der Waals surface area contributed by atoms with Crippen molar-refractivity contribution in [2.24, 2.45) is 0 Å². The molecule has 3 aromatic rings. The second kappa shape index (κ2) is 8.31. The van der Waals surface area contributed by atoms with Gasteiger partial charge in [0.05, 0.1) is 5.39 Å². The molecule has 0 aliphatic rings. The van der Waals surface area contributed by atoms with E-state index in [0.717, 1.165) is 11.6 Å². The number of benzene rings is 2. The summed E-state index contributed by atoms with van der Waals surface area (Å²) >= 11 is 0. The fourth-order valence-electron chi connectivity index (χ4n) is 2.62. The maximum atomic E-state index is 12.1. The van der Waals surface area contributed by atoms with Crippen LogP contribution in [0.3, 0.4) is 0 Å². The van der Waals surface area contributed by atoms with E-state index in [2.05, 4.69) is 5.32 Å². The molecule has 0 radical (unpaired) electrons. The second-order valence-electron chi connectivity index (χ2n) is 6.16. The van der Waals surface area contributed by atoms with Gasteiger partial charge in [-0.15, -0.1) is 0 Å². The lowest BCUT2D eigenvalue weighted by molar-refractivity contribution is -0.124. The van der Waals surface area contributed by atoms with Gasteiger partial charge in [0.15, 0.2) is 12.0 Å². The summed E-state index contributed by atoms with van der Waals surface area (Å²) in [5.41, 5.74) is 1.05. The van der Waals surface area contributed by atoms with Crippen LogP contribution in [-0.4, -0.2) is 25.0 Å². The van der Waals surface area contributed by atoms with E-state index in [-0.39, 0.29) is 22.7 Å². The molecule has 2 aromatic carbocycles. The molecule has 0 unspecified atom stereocenters. The standard InChI is InChI=1S/C21H19NO5/c1-14(15-7-3-2-4-8-15)12-22-20(24)13-26-21(25)19-11-17(23)16-9-5-6-10-18(16)27-19/h2-11,14H,12-13H2,1H3,(H,22,24)/t14-/m0/s1. The zero-order chi connectivity index (χ0) is 19.2. The summed E-state index contributed by atoms with van der Waals surface area (Å²) in [6, 6.07) is 17.4. The lowest BCUT2D eigenvalue weighted by Gasteiger charge is -2.13. The molecular formula is C21H19NO5. The molecular weight excluding hydrogens is 346 g/mol. The molecule has 1 amide bonds. The summed E-state index contributed by atoms with van der Waals surface area (Å²) in [7, 11) is 0. The van der Waals surface area contributed by atoms with Crippen molar-refractivity contribution in [1.29, 1.82) is 0 Å². The molecule has 6 nitrogen and oxygen atoms in total. The van der Waals surface area contributed by atoms with Crippen molar-refractivity contribution in [2.75, 3.05) is 13.2 Å². The Morgan fingerprint density at radius 2 is 1.78 bits per heavy atom. The molecule has 0 saturated heterocycles. The van der Waals surface area contributed by atoms with Crippen molar-refractivity contribution in [3.63, 3.8) is 0 Å². The number of nitrogens with one attached hydrogen (secondary N) is 1. The van der Waals surface area contributed by atoms with Gasteiger partial charge >= 0.3 is 5.97 Å². The first-order valence-corrected chi connectivity index (χ1v) is 8.56. The lowest BCUT2D eigenvalue weighted by atomic mass is 10.0. The topological polar surface area (TPSA) is 85.6 Å². The summed E-state index contributed by atoms with van der Waals surface area (Å²) < 4.78 is 10.3. The minimum Gasteiger partial charge on any atom is -0.450 e. The fraction of sp³-hybridized carbons (Fsp3) is 0.190. The summed E-state index contributed by atoms with van der Waals surface area (Å²) in [5.74, 6) is -1.38. The Balaban J connectivity index is 1.54. The number of amides is 1. The van der Waals surface area contributed by atoms with E-state index >= 15 is 0 Å². The molecule has 6 heteroatoms. The summed E-state index contributed by atoms with van der Waals surface area (Å²) in [6.07, 6.45) is 0. The smallest absolute Gasteiger partial charge is 0.374 e. The Labute approximate surface area is 155 Å². The molecule has 1 atom stereocenters. The molecule has 1 heterocycles. The molecule has 0 aliphatic heterocycles. The van der Waals surface area contributed by atoms with Crippen LogP contribution in [0.4, 0.5) is 0 Å². The van der Waals surface area contributed by atoms with Crippen LogP contribution >= 0.6 is 0 Å². The van der Waals surface area contributed by atoms with E-state index in [1.54, 1.807) is 24.3 Å². The first kappa shape index (κ1) is 18.4. The van der Waals surface area contributed by atoms with E-state index < -0.39 is 18.5 Å². The molecule has 1 aromatic heterocycles. The van der Waals surface area contributed by atoms with Crippen molar-refractivity contribution < 1.29 is 18.7 Å². The fourth-order valence-corrected chi connectivity index (χ4v) is 2.62. The first-order chi connectivity index (χ1) is 13.0. The average Bonchev–Trinajstić information content (AvgIpc) is 2.70. The number of hydrogen-bond acceptors (Lipinski definition) is 5. The predicted molar refractivity (Wildman–Crippen MR) is 101 cm³/mol. The van der Waals surface area contributed by atoms with Crippen molar-refractivity contribution in [2.45, 2.75) is 12.8 Å². The van der Waals surface area contributed by atoms with Gasteiger partial charge in [-0.05, 0) is 23.6 Å². The molecule has 0 spiro atoms. The van der Waals surface area contributed by atoms with Crippen LogP contribution in [-0.2, 0) is 9.53 Å². The normalized spacial score (nSPS) is 11.7. The van der Waals surface area contributed by atoms with Gasteiger partial charge in [0.1, 0.15) is 5.58 Å². The van der Waals surface area contributed by atoms with Crippen LogP contribution in [0.15, 0.2) is 69.9 Å². The number of rotatable bonds is 6. The van der Waals surface area contributed by atoms with Gasteiger partial charge in [-0.25, -0.2) is 4.79 Å². The van der Waals surface area contributed by atoms with E-state index in [0.29, 0.717) is 11.9 Å². The van der Waals surface area contributed by atoms with Crippen LogP contribution in [0.1, 0.15) is 29.0 Å². The van der Waals surface area contributed by atoms with Crippen LogP contribution in [0.5, 0.6) is 0 Å². The highest BCUT2D eigenvalue weighted by Gasteiger charge is 2.15. The number of ether oxygens (including phenoxy) is 1. The van der Waals surface area contributed by atoms with Gasteiger partial charge in [-0.1, -0.05) is 49.4 Å². The third-order valence-corrected chi connectivity index (χ3v) is 4.14. The molecule has 0 saturated carbocycles. The Kier molecular flexibility index (Phi) is 5.66. The number of carbonyl (C=O) groups excluding carboxylic acids is 2. The van der Waals surface area contributed by atoms with E-state index in [1.807, 2.05) is 37.3 Å². The summed E-state index contributed by atoms with van der Waals surface area (Å²) in [4.78, 5) is 36.0. The van der Waals surface area contributed by atoms with Gasteiger partial charge in [0.25, 0.3) is 5.91 Å². The van der Waals surface area contributed by atoms with Crippen molar-refractivity contribution in [1.82, 2.24) is 5.32 Å². The van der Waals surface area contributed by atoms with Crippen LogP contribution in [0.2, 0.25) is 0 Å². The van der Waals surface area contributed by atoms with E-state index in [1.165, 1.54) is 0 Å². The predicted octanol–water partition coefficient (Wildman–Crippen LogP) is 2.87. The van der Waals surface area contributed by atoms with Crippen molar-refractivity contribution in [3.05, 3.63) is 82.2 Å². The third kappa shape index (κ3) is 4.61. The van der Waals surface area contributed by atoms with Gasteiger partial charge in [-0.2, -0.15) is 0 Å². The zero-order valence-electron chi connectivity index (χ0n) is 14.8. The zero-order valence-corrected chi connectivity index (χ0v) is 14.8. The Morgan fingerprint density at radius 3 is 2.56 bits per heavy atom.